The minimum absolute atomic E-state index is 0.0787. The lowest BCUT2D eigenvalue weighted by Gasteiger charge is -2.35. The minimum Gasteiger partial charge on any atom is -0.497 e. The number of carbonyl (C=O) groups is 1. The van der Waals surface area contributed by atoms with Gasteiger partial charge in [-0.25, -0.2) is 0 Å². The first-order chi connectivity index (χ1) is 12.3. The zero-order valence-electron chi connectivity index (χ0n) is 14.9. The lowest BCUT2D eigenvalue weighted by atomic mass is 9.98. The number of ether oxygens (including phenoxy) is 3. The number of rotatable bonds is 6. The molecule has 2 aliphatic rings. The maximum Gasteiger partial charge on any atom is 0.223 e. The van der Waals surface area contributed by atoms with Crippen molar-refractivity contribution in [1.82, 2.24) is 10.2 Å². The van der Waals surface area contributed by atoms with Crippen LogP contribution in [0.2, 0.25) is 0 Å². The van der Waals surface area contributed by atoms with E-state index in [4.69, 9.17) is 14.2 Å². The number of morpholine rings is 1. The van der Waals surface area contributed by atoms with Gasteiger partial charge in [0.1, 0.15) is 5.75 Å². The normalized spacial score (nSPS) is 20.8. The molecule has 6 heteroatoms. The second kappa shape index (κ2) is 9.17. The van der Waals surface area contributed by atoms with E-state index in [0.29, 0.717) is 19.8 Å². The largest absolute Gasteiger partial charge is 0.497 e. The maximum atomic E-state index is 12.5. The quantitative estimate of drug-likeness (QED) is 0.846. The minimum atomic E-state index is 0.0787. The molecule has 0 saturated carbocycles. The summed E-state index contributed by atoms with van der Waals surface area (Å²) in [4.78, 5) is 14.9. The van der Waals surface area contributed by atoms with Crippen molar-refractivity contribution in [3.63, 3.8) is 0 Å². The molecule has 1 N–H and O–H groups in total. The summed E-state index contributed by atoms with van der Waals surface area (Å²) in [7, 11) is 1.67. The summed E-state index contributed by atoms with van der Waals surface area (Å²) in [6, 6.07) is 8.27. The van der Waals surface area contributed by atoms with Gasteiger partial charge in [0.2, 0.25) is 5.91 Å². The van der Waals surface area contributed by atoms with Crippen LogP contribution in [0.25, 0.3) is 0 Å². The monoisotopic (exact) mass is 348 g/mol. The first-order valence-electron chi connectivity index (χ1n) is 9.09. The Labute approximate surface area is 149 Å². The van der Waals surface area contributed by atoms with E-state index in [0.717, 1.165) is 44.9 Å². The summed E-state index contributed by atoms with van der Waals surface area (Å²) in [6.07, 6.45) is 1.63. The van der Waals surface area contributed by atoms with Gasteiger partial charge in [-0.05, 0) is 30.5 Å². The van der Waals surface area contributed by atoms with E-state index in [9.17, 15) is 4.79 Å². The highest BCUT2D eigenvalue weighted by Crippen LogP contribution is 2.24. The summed E-state index contributed by atoms with van der Waals surface area (Å²) in [5.41, 5.74) is 1.19. The fraction of sp³-hybridized carbons (Fsp3) is 0.632. The molecule has 1 unspecified atom stereocenters. The van der Waals surface area contributed by atoms with Crippen LogP contribution in [0, 0.1) is 5.92 Å². The Kier molecular flexibility index (Phi) is 6.67. The number of methoxy groups -OCH3 is 1. The van der Waals surface area contributed by atoms with Gasteiger partial charge in [0.15, 0.2) is 0 Å². The molecular weight excluding hydrogens is 320 g/mol. The van der Waals surface area contributed by atoms with Crippen LogP contribution in [0.3, 0.4) is 0 Å². The van der Waals surface area contributed by atoms with Crippen molar-refractivity contribution in [1.29, 1.82) is 0 Å². The van der Waals surface area contributed by atoms with Crippen LogP contribution in [0.15, 0.2) is 24.3 Å². The summed E-state index contributed by atoms with van der Waals surface area (Å²) in [6.45, 7) is 5.21. The molecule has 1 amide bonds. The highest BCUT2D eigenvalue weighted by Gasteiger charge is 2.26. The van der Waals surface area contributed by atoms with Crippen molar-refractivity contribution in [2.75, 3.05) is 53.2 Å². The number of nitrogens with one attached hydrogen (secondary N) is 1. The molecule has 3 rings (SSSR count). The number of benzene rings is 1. The van der Waals surface area contributed by atoms with Gasteiger partial charge in [0, 0.05) is 38.8 Å². The third kappa shape index (κ3) is 4.93. The molecule has 0 aromatic heterocycles. The summed E-state index contributed by atoms with van der Waals surface area (Å²) in [5, 5.41) is 3.17. The van der Waals surface area contributed by atoms with Crippen LogP contribution in [-0.2, 0) is 14.3 Å². The van der Waals surface area contributed by atoms with Crippen LogP contribution in [0.4, 0.5) is 0 Å². The van der Waals surface area contributed by atoms with Gasteiger partial charge in [-0.1, -0.05) is 12.1 Å². The molecule has 0 aliphatic carbocycles. The highest BCUT2D eigenvalue weighted by molar-refractivity contribution is 5.78. The fourth-order valence-electron chi connectivity index (χ4n) is 3.47. The third-order valence-corrected chi connectivity index (χ3v) is 5.05. The Hall–Kier alpha value is -1.63. The van der Waals surface area contributed by atoms with Crippen molar-refractivity contribution in [2.45, 2.75) is 18.9 Å². The average Bonchev–Trinajstić information content (AvgIpc) is 2.70. The highest BCUT2D eigenvalue weighted by atomic mass is 16.5. The van der Waals surface area contributed by atoms with Gasteiger partial charge >= 0.3 is 0 Å². The van der Waals surface area contributed by atoms with Gasteiger partial charge < -0.3 is 19.5 Å². The molecule has 0 spiro atoms. The lowest BCUT2D eigenvalue weighted by Crippen LogP contribution is -2.45. The Morgan fingerprint density at radius 3 is 2.44 bits per heavy atom. The second-order valence-corrected chi connectivity index (χ2v) is 6.57. The second-order valence-electron chi connectivity index (χ2n) is 6.57. The molecule has 2 saturated heterocycles. The molecule has 138 valence electrons. The van der Waals surface area contributed by atoms with E-state index in [1.807, 2.05) is 12.1 Å². The number of hydrogen-bond acceptors (Lipinski definition) is 5. The number of nitrogens with zero attached hydrogens (tertiary/aromatic N) is 1. The van der Waals surface area contributed by atoms with Crippen molar-refractivity contribution in [3.8, 4) is 5.75 Å². The smallest absolute Gasteiger partial charge is 0.223 e. The molecule has 1 aromatic carbocycles. The van der Waals surface area contributed by atoms with Crippen molar-refractivity contribution in [2.24, 2.45) is 5.92 Å². The molecule has 0 bridgehead atoms. The molecule has 1 atom stereocenters. The Bertz CT molecular complexity index is 537. The molecule has 0 radical (unpaired) electrons. The predicted octanol–water partition coefficient (Wildman–Crippen LogP) is 1.61. The zero-order chi connectivity index (χ0) is 17.5. The molecule has 2 heterocycles. The van der Waals surface area contributed by atoms with Crippen LogP contribution in [0.5, 0.6) is 5.75 Å². The first kappa shape index (κ1) is 18.2. The van der Waals surface area contributed by atoms with E-state index < -0.39 is 0 Å². The van der Waals surface area contributed by atoms with Gasteiger partial charge in [-0.15, -0.1) is 0 Å². The molecule has 2 fully saturated rings. The standard InChI is InChI=1S/C19H28N2O4/c1-23-17-4-2-15(3-5-17)18(21-8-12-25-13-9-21)14-20-19(22)16-6-10-24-11-7-16/h2-5,16,18H,6-14H2,1H3,(H,20,22). The molecule has 6 nitrogen and oxygen atoms in total. The van der Waals surface area contributed by atoms with Gasteiger partial charge in [0.05, 0.1) is 26.4 Å². The van der Waals surface area contributed by atoms with Crippen LogP contribution in [0.1, 0.15) is 24.4 Å². The van der Waals surface area contributed by atoms with Crippen molar-refractivity contribution < 1.29 is 19.0 Å². The van der Waals surface area contributed by atoms with E-state index in [1.165, 1.54) is 5.56 Å². The Morgan fingerprint density at radius 2 is 1.80 bits per heavy atom. The average molecular weight is 348 g/mol. The predicted molar refractivity (Wildman–Crippen MR) is 94.7 cm³/mol. The summed E-state index contributed by atoms with van der Waals surface area (Å²) in [5.74, 6) is 1.07. The van der Waals surface area contributed by atoms with Crippen molar-refractivity contribution in [3.05, 3.63) is 29.8 Å². The lowest BCUT2D eigenvalue weighted by molar-refractivity contribution is -0.128. The first-order valence-corrected chi connectivity index (χ1v) is 9.09. The van der Waals surface area contributed by atoms with E-state index >= 15 is 0 Å². The van der Waals surface area contributed by atoms with Crippen LogP contribution in [-0.4, -0.2) is 64.0 Å². The maximum absolute atomic E-state index is 12.5. The summed E-state index contributed by atoms with van der Waals surface area (Å²) < 4.78 is 16.1. The van der Waals surface area contributed by atoms with E-state index in [1.54, 1.807) is 7.11 Å². The number of hydrogen-bond donors (Lipinski definition) is 1. The van der Waals surface area contributed by atoms with Crippen LogP contribution < -0.4 is 10.1 Å². The van der Waals surface area contributed by atoms with E-state index in [-0.39, 0.29) is 17.9 Å². The molecule has 2 aliphatic heterocycles. The van der Waals surface area contributed by atoms with Crippen molar-refractivity contribution >= 4 is 5.91 Å². The fourth-order valence-corrected chi connectivity index (χ4v) is 3.47. The zero-order valence-corrected chi connectivity index (χ0v) is 14.9. The van der Waals surface area contributed by atoms with Gasteiger partial charge in [0.25, 0.3) is 0 Å². The SMILES string of the molecule is COc1ccc(C(CNC(=O)C2CCOCC2)N2CCOCC2)cc1. The number of carbonyl (C=O) groups excluding carboxylic acids is 1. The van der Waals surface area contributed by atoms with E-state index in [2.05, 4.69) is 22.3 Å². The summed E-state index contributed by atoms with van der Waals surface area (Å²) >= 11 is 0. The van der Waals surface area contributed by atoms with Crippen LogP contribution >= 0.6 is 0 Å². The molecule has 25 heavy (non-hydrogen) atoms. The molecule has 1 aromatic rings. The third-order valence-electron chi connectivity index (χ3n) is 5.05. The molecular formula is C19H28N2O4. The van der Waals surface area contributed by atoms with Gasteiger partial charge in [-0.2, -0.15) is 0 Å². The Balaban J connectivity index is 1.65. The topological polar surface area (TPSA) is 60.0 Å². The number of amides is 1. The van der Waals surface area contributed by atoms with Gasteiger partial charge in [-0.3, -0.25) is 9.69 Å². The Morgan fingerprint density at radius 1 is 1.16 bits per heavy atom.